The molecule has 8 nitrogen and oxygen atoms in total. The van der Waals surface area contributed by atoms with Crippen molar-refractivity contribution in [1.29, 1.82) is 0 Å². The van der Waals surface area contributed by atoms with Gasteiger partial charge in [0.05, 0.1) is 11.4 Å². The minimum absolute atomic E-state index is 0.0692. The number of hydrogen-bond donors (Lipinski definition) is 1. The molecule has 2 rings (SSSR count). The molecule has 0 saturated carbocycles. The molecule has 1 N–H and O–H groups in total. The van der Waals surface area contributed by atoms with Crippen molar-refractivity contribution in [1.82, 2.24) is 19.4 Å². The van der Waals surface area contributed by atoms with Crippen LogP contribution in [-0.2, 0) is 14.8 Å². The van der Waals surface area contributed by atoms with E-state index in [-0.39, 0.29) is 17.3 Å². The zero-order chi connectivity index (χ0) is 18.6. The van der Waals surface area contributed by atoms with E-state index >= 15 is 0 Å². The number of likely N-dealkylation sites (N-methyl/N-ethyl adjacent to an activating group) is 1. The van der Waals surface area contributed by atoms with Crippen molar-refractivity contribution in [3.8, 4) is 0 Å². The van der Waals surface area contributed by atoms with Gasteiger partial charge in [-0.15, -0.1) is 0 Å². The van der Waals surface area contributed by atoms with Crippen molar-refractivity contribution in [2.45, 2.75) is 4.90 Å². The molecule has 1 heterocycles. The summed E-state index contributed by atoms with van der Waals surface area (Å²) in [7, 11) is 1.37. The van der Waals surface area contributed by atoms with Gasteiger partial charge in [0.1, 0.15) is 0 Å². The first kappa shape index (κ1) is 19.4. The van der Waals surface area contributed by atoms with Crippen LogP contribution in [0.25, 0.3) is 0 Å². The van der Waals surface area contributed by atoms with Gasteiger partial charge in [-0.1, -0.05) is 0 Å². The highest BCUT2D eigenvalue weighted by Gasteiger charge is 2.20. The Morgan fingerprint density at radius 3 is 2.16 bits per heavy atom. The standard InChI is InChI=1S/C16H24N4O4S/c1-18(2)25(23,24)14-6-4-13(5-7-14)16(22)17-12-15(21)20-10-8-19(3)9-11-20/h4-7H,8-12H2,1-3H3,(H,17,22). The van der Waals surface area contributed by atoms with Gasteiger partial charge in [0.2, 0.25) is 15.9 Å². The second-order valence-corrected chi connectivity index (χ2v) is 8.33. The summed E-state index contributed by atoms with van der Waals surface area (Å²) in [5.41, 5.74) is 0.309. The van der Waals surface area contributed by atoms with Crippen LogP contribution in [-0.4, -0.2) is 88.2 Å². The maximum Gasteiger partial charge on any atom is 0.251 e. The van der Waals surface area contributed by atoms with Crippen molar-refractivity contribution in [3.05, 3.63) is 29.8 Å². The minimum atomic E-state index is -3.53. The van der Waals surface area contributed by atoms with E-state index in [1.54, 1.807) is 4.90 Å². The molecule has 138 valence electrons. The molecule has 1 aliphatic rings. The van der Waals surface area contributed by atoms with Crippen LogP contribution in [0.4, 0.5) is 0 Å². The zero-order valence-electron chi connectivity index (χ0n) is 14.7. The van der Waals surface area contributed by atoms with Crippen molar-refractivity contribution < 1.29 is 18.0 Å². The zero-order valence-corrected chi connectivity index (χ0v) is 15.5. The lowest BCUT2D eigenvalue weighted by molar-refractivity contribution is -0.131. The molecule has 1 fully saturated rings. The highest BCUT2D eigenvalue weighted by molar-refractivity contribution is 7.89. The lowest BCUT2D eigenvalue weighted by Gasteiger charge is -2.32. The summed E-state index contributed by atoms with van der Waals surface area (Å²) < 4.78 is 25.1. The van der Waals surface area contributed by atoms with Crippen molar-refractivity contribution >= 4 is 21.8 Å². The van der Waals surface area contributed by atoms with Crippen LogP contribution >= 0.6 is 0 Å². The van der Waals surface area contributed by atoms with Crippen LogP contribution in [0.15, 0.2) is 29.2 Å². The average Bonchev–Trinajstić information content (AvgIpc) is 2.60. The van der Waals surface area contributed by atoms with E-state index in [9.17, 15) is 18.0 Å². The van der Waals surface area contributed by atoms with Gasteiger partial charge in [0.15, 0.2) is 0 Å². The lowest BCUT2D eigenvalue weighted by atomic mass is 10.2. The molecule has 0 radical (unpaired) electrons. The van der Waals surface area contributed by atoms with E-state index in [0.717, 1.165) is 17.4 Å². The number of piperazine rings is 1. The molecule has 1 aromatic rings. The molecule has 1 saturated heterocycles. The Morgan fingerprint density at radius 2 is 1.64 bits per heavy atom. The summed E-state index contributed by atoms with van der Waals surface area (Å²) in [5, 5.41) is 2.58. The number of benzene rings is 1. The predicted octanol–water partition coefficient (Wildman–Crippen LogP) is -0.559. The molecule has 9 heteroatoms. The van der Waals surface area contributed by atoms with E-state index in [2.05, 4.69) is 10.2 Å². The average molecular weight is 368 g/mol. The molecule has 0 bridgehead atoms. The molecule has 0 unspecified atom stereocenters. The topological polar surface area (TPSA) is 90.0 Å². The predicted molar refractivity (Wildman–Crippen MR) is 93.7 cm³/mol. The number of nitrogens with zero attached hydrogens (tertiary/aromatic N) is 3. The third-order valence-electron chi connectivity index (χ3n) is 4.15. The first-order chi connectivity index (χ1) is 11.7. The lowest BCUT2D eigenvalue weighted by Crippen LogP contribution is -2.50. The fraction of sp³-hybridized carbons (Fsp3) is 0.500. The first-order valence-electron chi connectivity index (χ1n) is 7.99. The number of amides is 2. The molecule has 2 amide bonds. The number of sulfonamides is 1. The molecule has 25 heavy (non-hydrogen) atoms. The quantitative estimate of drug-likeness (QED) is 0.753. The summed E-state index contributed by atoms with van der Waals surface area (Å²) in [6.07, 6.45) is 0. The Kier molecular flexibility index (Phi) is 6.15. The van der Waals surface area contributed by atoms with Gasteiger partial charge in [0.25, 0.3) is 5.91 Å². The van der Waals surface area contributed by atoms with E-state index in [4.69, 9.17) is 0 Å². The number of hydrogen-bond acceptors (Lipinski definition) is 5. The van der Waals surface area contributed by atoms with Crippen molar-refractivity contribution in [2.24, 2.45) is 0 Å². The molecule has 1 aromatic carbocycles. The van der Waals surface area contributed by atoms with Gasteiger partial charge in [-0.3, -0.25) is 9.59 Å². The van der Waals surface area contributed by atoms with Gasteiger partial charge < -0.3 is 15.1 Å². The second kappa shape index (κ2) is 7.94. The minimum Gasteiger partial charge on any atom is -0.343 e. The summed E-state index contributed by atoms with van der Waals surface area (Å²) >= 11 is 0. The third-order valence-corrected chi connectivity index (χ3v) is 5.98. The van der Waals surface area contributed by atoms with E-state index in [1.807, 2.05) is 7.05 Å². The maximum absolute atomic E-state index is 12.1. The van der Waals surface area contributed by atoms with Gasteiger partial charge in [-0.2, -0.15) is 0 Å². The second-order valence-electron chi connectivity index (χ2n) is 6.18. The molecule has 0 aromatic heterocycles. The van der Waals surface area contributed by atoms with E-state index in [0.29, 0.717) is 18.7 Å². The fourth-order valence-electron chi connectivity index (χ4n) is 2.41. The number of carbonyl (C=O) groups is 2. The third kappa shape index (κ3) is 4.77. The molecule has 0 aliphatic carbocycles. The van der Waals surface area contributed by atoms with Crippen LogP contribution in [0.5, 0.6) is 0 Å². The van der Waals surface area contributed by atoms with Gasteiger partial charge in [-0.05, 0) is 31.3 Å². The summed E-state index contributed by atoms with van der Waals surface area (Å²) in [4.78, 5) is 28.2. The number of nitrogens with one attached hydrogen (secondary N) is 1. The fourth-order valence-corrected chi connectivity index (χ4v) is 3.32. The Morgan fingerprint density at radius 1 is 1.08 bits per heavy atom. The van der Waals surface area contributed by atoms with E-state index < -0.39 is 15.9 Å². The molecule has 0 atom stereocenters. The molecular weight excluding hydrogens is 344 g/mol. The van der Waals surface area contributed by atoms with Crippen LogP contribution in [0, 0.1) is 0 Å². The Bertz CT molecular complexity index is 723. The first-order valence-corrected chi connectivity index (χ1v) is 9.43. The summed E-state index contributed by atoms with van der Waals surface area (Å²) in [6.45, 7) is 2.88. The largest absolute Gasteiger partial charge is 0.343 e. The van der Waals surface area contributed by atoms with Crippen LogP contribution in [0.2, 0.25) is 0 Å². The molecule has 0 spiro atoms. The Labute approximate surface area is 148 Å². The molecule has 1 aliphatic heterocycles. The summed E-state index contributed by atoms with van der Waals surface area (Å²) in [6, 6.07) is 5.64. The highest BCUT2D eigenvalue weighted by atomic mass is 32.2. The smallest absolute Gasteiger partial charge is 0.251 e. The molecular formula is C16H24N4O4S. The SMILES string of the molecule is CN1CCN(C(=O)CNC(=O)c2ccc(S(=O)(=O)N(C)C)cc2)CC1. The van der Waals surface area contributed by atoms with Crippen molar-refractivity contribution in [3.63, 3.8) is 0 Å². The van der Waals surface area contributed by atoms with Gasteiger partial charge in [0, 0.05) is 45.8 Å². The van der Waals surface area contributed by atoms with Crippen molar-refractivity contribution in [2.75, 3.05) is 53.9 Å². The van der Waals surface area contributed by atoms with Crippen LogP contribution < -0.4 is 5.32 Å². The monoisotopic (exact) mass is 368 g/mol. The Hall–Kier alpha value is -1.97. The van der Waals surface area contributed by atoms with Gasteiger partial charge in [-0.25, -0.2) is 12.7 Å². The highest BCUT2D eigenvalue weighted by Crippen LogP contribution is 2.14. The number of carbonyl (C=O) groups excluding carboxylic acids is 2. The van der Waals surface area contributed by atoms with Crippen LogP contribution in [0.3, 0.4) is 0 Å². The Balaban J connectivity index is 1.92. The maximum atomic E-state index is 12.1. The van der Waals surface area contributed by atoms with E-state index in [1.165, 1.54) is 38.4 Å². The number of rotatable bonds is 5. The normalized spacial score (nSPS) is 16.1. The summed E-state index contributed by atoms with van der Waals surface area (Å²) in [5.74, 6) is -0.524. The van der Waals surface area contributed by atoms with Crippen LogP contribution in [0.1, 0.15) is 10.4 Å². The van der Waals surface area contributed by atoms with Gasteiger partial charge >= 0.3 is 0 Å².